The largest absolute Gasteiger partial charge is 0.505 e. The van der Waals surface area contributed by atoms with Gasteiger partial charge in [-0.2, -0.15) is 0 Å². The Bertz CT molecular complexity index is 1340. The van der Waals surface area contributed by atoms with Crippen LogP contribution in [0.2, 0.25) is 0 Å². The highest BCUT2D eigenvalue weighted by Gasteiger charge is 2.34. The molecule has 0 amide bonds. The monoisotopic (exact) mass is 551 g/mol. The van der Waals surface area contributed by atoms with Crippen molar-refractivity contribution in [1.82, 2.24) is 14.4 Å². The summed E-state index contributed by atoms with van der Waals surface area (Å²) in [5.74, 6) is -1.33. The standard InChI is InChI=1S/C30H41N5O5/c1-18-24(17-33(2)3)28(37)35(22-12-14-34(15-13-22)21-10-11-21)29(38)26(18)32-31-25-9-5-8-23(27(25)36)19-6-4-7-20(16-19)30(39)40/h5,8-9,19-22,36-37H,4,6-7,10-17H2,1-3H3,(H,39,40). The summed E-state index contributed by atoms with van der Waals surface area (Å²) in [5.41, 5.74) is 1.89. The summed E-state index contributed by atoms with van der Waals surface area (Å²) in [6.07, 6.45) is 6.76. The molecule has 10 nitrogen and oxygen atoms in total. The van der Waals surface area contributed by atoms with E-state index in [2.05, 4.69) is 15.1 Å². The van der Waals surface area contributed by atoms with Crippen molar-refractivity contribution in [3.8, 4) is 11.6 Å². The second-order valence-electron chi connectivity index (χ2n) is 12.0. The molecule has 1 saturated heterocycles. The van der Waals surface area contributed by atoms with Gasteiger partial charge in [0.25, 0.3) is 5.56 Å². The molecule has 3 N–H and O–H groups in total. The number of pyridine rings is 1. The highest BCUT2D eigenvalue weighted by molar-refractivity contribution is 5.70. The van der Waals surface area contributed by atoms with Gasteiger partial charge >= 0.3 is 5.97 Å². The number of azo groups is 1. The van der Waals surface area contributed by atoms with Gasteiger partial charge in [-0.05, 0) is 89.1 Å². The molecule has 40 heavy (non-hydrogen) atoms. The van der Waals surface area contributed by atoms with E-state index in [1.54, 1.807) is 19.1 Å². The van der Waals surface area contributed by atoms with E-state index >= 15 is 0 Å². The van der Waals surface area contributed by atoms with Crippen molar-refractivity contribution in [3.63, 3.8) is 0 Å². The first-order chi connectivity index (χ1) is 19.2. The zero-order chi connectivity index (χ0) is 28.6. The number of likely N-dealkylation sites (tertiary alicyclic amines) is 1. The summed E-state index contributed by atoms with van der Waals surface area (Å²) in [6.45, 7) is 4.02. The molecule has 2 aromatic rings. The zero-order valence-electron chi connectivity index (χ0n) is 23.7. The van der Waals surface area contributed by atoms with E-state index in [-0.39, 0.29) is 40.5 Å². The number of carbonyl (C=O) groups is 1. The Hall–Kier alpha value is -3.24. The number of carboxylic acids is 1. The third-order valence-corrected chi connectivity index (χ3v) is 8.90. The second-order valence-corrected chi connectivity index (χ2v) is 12.0. The first-order valence-electron chi connectivity index (χ1n) is 14.5. The first kappa shape index (κ1) is 28.3. The lowest BCUT2D eigenvalue weighted by Gasteiger charge is -2.34. The van der Waals surface area contributed by atoms with Crippen LogP contribution in [0.4, 0.5) is 11.4 Å². The number of phenols is 1. The number of hydrogen-bond acceptors (Lipinski definition) is 8. The fourth-order valence-electron chi connectivity index (χ4n) is 6.50. The molecule has 0 spiro atoms. The number of aromatic nitrogens is 1. The minimum absolute atomic E-state index is 0.00449. The molecule has 1 aromatic carbocycles. The maximum absolute atomic E-state index is 13.8. The van der Waals surface area contributed by atoms with Gasteiger partial charge in [0.15, 0.2) is 11.6 Å². The van der Waals surface area contributed by atoms with Crippen LogP contribution in [0.5, 0.6) is 11.6 Å². The lowest BCUT2D eigenvalue weighted by Crippen LogP contribution is -2.39. The molecule has 0 radical (unpaired) electrons. The van der Waals surface area contributed by atoms with Gasteiger partial charge in [-0.15, -0.1) is 10.2 Å². The highest BCUT2D eigenvalue weighted by atomic mass is 16.4. The van der Waals surface area contributed by atoms with Crippen LogP contribution in [-0.2, 0) is 11.3 Å². The maximum Gasteiger partial charge on any atom is 0.306 e. The van der Waals surface area contributed by atoms with Crippen LogP contribution < -0.4 is 5.56 Å². The molecule has 1 aromatic heterocycles. The van der Waals surface area contributed by atoms with Gasteiger partial charge in [0, 0.05) is 37.3 Å². The molecular formula is C30H41N5O5. The van der Waals surface area contributed by atoms with E-state index in [0.717, 1.165) is 38.8 Å². The van der Waals surface area contributed by atoms with E-state index < -0.39 is 11.9 Å². The van der Waals surface area contributed by atoms with E-state index in [1.165, 1.54) is 17.4 Å². The Morgan fingerprint density at radius 1 is 1.02 bits per heavy atom. The van der Waals surface area contributed by atoms with E-state index in [9.17, 15) is 24.9 Å². The van der Waals surface area contributed by atoms with Gasteiger partial charge in [0.1, 0.15) is 11.4 Å². The van der Waals surface area contributed by atoms with Gasteiger partial charge in [0.2, 0.25) is 0 Å². The van der Waals surface area contributed by atoms with Crippen LogP contribution in [0.25, 0.3) is 0 Å². The van der Waals surface area contributed by atoms with E-state index in [0.29, 0.717) is 42.1 Å². The van der Waals surface area contributed by atoms with E-state index in [4.69, 9.17) is 0 Å². The van der Waals surface area contributed by atoms with Crippen molar-refractivity contribution < 1.29 is 20.1 Å². The summed E-state index contributed by atoms with van der Waals surface area (Å²) in [7, 11) is 3.82. The normalized spacial score (nSPS) is 22.8. The topological polar surface area (TPSA) is 131 Å². The molecule has 2 unspecified atom stereocenters. The fourth-order valence-corrected chi connectivity index (χ4v) is 6.50. The molecule has 2 heterocycles. The number of aromatic hydroxyl groups is 2. The molecule has 0 bridgehead atoms. The number of rotatable bonds is 8. The summed E-state index contributed by atoms with van der Waals surface area (Å²) in [4.78, 5) is 29.8. The second kappa shape index (κ2) is 11.7. The Morgan fingerprint density at radius 3 is 2.40 bits per heavy atom. The quantitative estimate of drug-likeness (QED) is 0.384. The highest BCUT2D eigenvalue weighted by Crippen LogP contribution is 2.43. The van der Waals surface area contributed by atoms with Gasteiger partial charge in [-0.3, -0.25) is 14.2 Å². The average Bonchev–Trinajstić information content (AvgIpc) is 3.78. The predicted molar refractivity (Wildman–Crippen MR) is 152 cm³/mol. The lowest BCUT2D eigenvalue weighted by atomic mass is 9.77. The van der Waals surface area contributed by atoms with Crippen LogP contribution in [-0.4, -0.2) is 68.9 Å². The number of aliphatic carboxylic acids is 1. The third-order valence-electron chi connectivity index (χ3n) is 8.90. The number of benzene rings is 1. The number of hydrogen-bond donors (Lipinski definition) is 3. The molecule has 5 rings (SSSR count). The van der Waals surface area contributed by atoms with Gasteiger partial charge in [-0.1, -0.05) is 18.6 Å². The number of carboxylic acid groups (broad SMARTS) is 1. The Kier molecular flexibility index (Phi) is 8.28. The summed E-state index contributed by atoms with van der Waals surface area (Å²) < 4.78 is 1.51. The zero-order valence-corrected chi connectivity index (χ0v) is 23.7. The van der Waals surface area contributed by atoms with Crippen molar-refractivity contribution in [2.24, 2.45) is 16.1 Å². The van der Waals surface area contributed by atoms with Crippen LogP contribution in [0.15, 0.2) is 33.2 Å². The third kappa shape index (κ3) is 5.78. The molecule has 2 aliphatic carbocycles. The van der Waals surface area contributed by atoms with Gasteiger partial charge < -0.3 is 25.1 Å². The predicted octanol–water partition coefficient (Wildman–Crippen LogP) is 5.20. The number of phenolic OH excluding ortho intramolecular Hbond substituents is 1. The van der Waals surface area contributed by atoms with Gasteiger partial charge in [-0.25, -0.2) is 0 Å². The van der Waals surface area contributed by atoms with Crippen molar-refractivity contribution >= 4 is 17.3 Å². The maximum atomic E-state index is 13.8. The number of piperidine rings is 1. The molecule has 216 valence electrons. The minimum Gasteiger partial charge on any atom is -0.505 e. The molecule has 3 fully saturated rings. The molecule has 2 saturated carbocycles. The van der Waals surface area contributed by atoms with Crippen LogP contribution in [0.3, 0.4) is 0 Å². The number of para-hydroxylation sites is 1. The molecule has 3 aliphatic rings. The Labute approximate surface area is 235 Å². The molecule has 1 aliphatic heterocycles. The SMILES string of the molecule is Cc1c(CN(C)C)c(O)n(C2CCN(C3CC3)CC2)c(=O)c1N=Nc1cccc(C2CCCC(C(=O)O)C2)c1O. The summed E-state index contributed by atoms with van der Waals surface area (Å²) in [5, 5.41) is 40.6. The lowest BCUT2D eigenvalue weighted by molar-refractivity contribution is -0.143. The molecule has 2 atom stereocenters. The van der Waals surface area contributed by atoms with Crippen molar-refractivity contribution in [1.29, 1.82) is 0 Å². The van der Waals surface area contributed by atoms with Crippen molar-refractivity contribution in [2.45, 2.75) is 82.8 Å². The molecular weight excluding hydrogens is 510 g/mol. The average molecular weight is 552 g/mol. The smallest absolute Gasteiger partial charge is 0.306 e. The summed E-state index contributed by atoms with van der Waals surface area (Å²) >= 11 is 0. The Morgan fingerprint density at radius 2 is 1.75 bits per heavy atom. The Balaban J connectivity index is 1.48. The number of nitrogens with zero attached hydrogens (tertiary/aromatic N) is 5. The van der Waals surface area contributed by atoms with Crippen LogP contribution in [0, 0.1) is 12.8 Å². The van der Waals surface area contributed by atoms with Crippen molar-refractivity contribution in [2.75, 3.05) is 27.2 Å². The first-order valence-corrected chi connectivity index (χ1v) is 14.5. The van der Waals surface area contributed by atoms with Crippen molar-refractivity contribution in [3.05, 3.63) is 45.2 Å². The van der Waals surface area contributed by atoms with Crippen LogP contribution in [0.1, 0.15) is 80.0 Å². The minimum atomic E-state index is -0.800. The summed E-state index contributed by atoms with van der Waals surface area (Å²) in [6, 6.07) is 5.78. The van der Waals surface area contributed by atoms with Gasteiger partial charge in [0.05, 0.1) is 5.92 Å². The molecule has 10 heteroatoms. The fraction of sp³-hybridized carbons (Fsp3) is 0.600. The van der Waals surface area contributed by atoms with Crippen LogP contribution >= 0.6 is 0 Å². The van der Waals surface area contributed by atoms with E-state index in [1.807, 2.05) is 25.1 Å².